The zero-order valence-corrected chi connectivity index (χ0v) is 14.0. The number of amides is 1. The van der Waals surface area contributed by atoms with Gasteiger partial charge >= 0.3 is 0 Å². The normalized spacial score (nSPS) is 10.3. The largest absolute Gasteiger partial charge is 0.385 e. The zero-order valence-electron chi connectivity index (χ0n) is 11.7. The monoisotopic (exact) mass is 367 g/mol. The van der Waals surface area contributed by atoms with Crippen molar-refractivity contribution in [2.45, 2.75) is 13.8 Å². The van der Waals surface area contributed by atoms with Crippen LogP contribution in [0.4, 0.5) is 11.4 Å². The van der Waals surface area contributed by atoms with E-state index in [-0.39, 0.29) is 5.91 Å². The molecule has 21 heavy (non-hydrogen) atoms. The first kappa shape index (κ1) is 15.8. The Labute approximate surface area is 137 Å². The molecule has 1 amide bonds. The van der Waals surface area contributed by atoms with E-state index in [2.05, 4.69) is 31.5 Å². The lowest BCUT2D eigenvalue weighted by atomic mass is 10.2. The van der Waals surface area contributed by atoms with Gasteiger partial charge in [0.1, 0.15) is 0 Å². The maximum absolute atomic E-state index is 12.4. The van der Waals surface area contributed by atoms with Crippen molar-refractivity contribution in [1.29, 1.82) is 0 Å². The van der Waals surface area contributed by atoms with Gasteiger partial charge < -0.3 is 10.6 Å². The van der Waals surface area contributed by atoms with Crippen LogP contribution in [0.5, 0.6) is 0 Å². The number of carbonyl (C=O) groups is 1. The third-order valence-corrected chi connectivity index (χ3v) is 4.06. The van der Waals surface area contributed by atoms with Gasteiger partial charge in [-0.2, -0.15) is 0 Å². The van der Waals surface area contributed by atoms with Crippen molar-refractivity contribution in [3.8, 4) is 0 Å². The van der Waals surface area contributed by atoms with Gasteiger partial charge in [0.15, 0.2) is 0 Å². The smallest absolute Gasteiger partial charge is 0.259 e. The SMILES string of the molecule is CCNc1cc(C)ncc1C(=O)Nc1ccc(Br)c(Cl)c1. The van der Waals surface area contributed by atoms with Crippen LogP contribution in [0.2, 0.25) is 5.02 Å². The highest BCUT2D eigenvalue weighted by Crippen LogP contribution is 2.26. The lowest BCUT2D eigenvalue weighted by Crippen LogP contribution is -2.15. The zero-order chi connectivity index (χ0) is 15.4. The molecule has 0 bridgehead atoms. The summed E-state index contributed by atoms with van der Waals surface area (Å²) in [5.41, 5.74) is 2.76. The number of halogens is 2. The molecule has 0 saturated carbocycles. The number of benzene rings is 1. The fraction of sp³-hybridized carbons (Fsp3) is 0.200. The molecule has 0 aliphatic carbocycles. The summed E-state index contributed by atoms with van der Waals surface area (Å²) in [6, 6.07) is 7.12. The van der Waals surface area contributed by atoms with E-state index < -0.39 is 0 Å². The molecule has 0 aliphatic heterocycles. The summed E-state index contributed by atoms with van der Waals surface area (Å²) in [6.45, 7) is 4.59. The summed E-state index contributed by atoms with van der Waals surface area (Å²) < 4.78 is 0.785. The van der Waals surface area contributed by atoms with Crippen LogP contribution in [0.25, 0.3) is 0 Å². The Balaban J connectivity index is 2.25. The van der Waals surface area contributed by atoms with Crippen molar-refractivity contribution in [3.05, 3.63) is 51.2 Å². The fourth-order valence-corrected chi connectivity index (χ4v) is 2.28. The summed E-state index contributed by atoms with van der Waals surface area (Å²) >= 11 is 9.34. The number of aryl methyl sites for hydroxylation is 1. The van der Waals surface area contributed by atoms with Crippen LogP contribution >= 0.6 is 27.5 Å². The van der Waals surface area contributed by atoms with Gasteiger partial charge in [-0.1, -0.05) is 11.6 Å². The molecule has 2 aromatic rings. The fourth-order valence-electron chi connectivity index (χ4n) is 1.85. The average molecular weight is 369 g/mol. The number of rotatable bonds is 4. The molecule has 2 rings (SSSR count). The van der Waals surface area contributed by atoms with Crippen molar-refractivity contribution < 1.29 is 4.79 Å². The van der Waals surface area contributed by atoms with E-state index in [0.29, 0.717) is 16.3 Å². The molecule has 0 fully saturated rings. The Morgan fingerprint density at radius 2 is 2.14 bits per heavy atom. The second kappa shape index (κ2) is 6.91. The predicted octanol–water partition coefficient (Wildman–Crippen LogP) is 4.49. The molecule has 0 unspecified atom stereocenters. The number of pyridine rings is 1. The van der Waals surface area contributed by atoms with Crippen molar-refractivity contribution >= 4 is 44.8 Å². The standard InChI is InChI=1S/C15H15BrClN3O/c1-3-18-14-6-9(2)19-8-11(14)15(21)20-10-4-5-12(16)13(17)7-10/h4-8H,3H2,1-2H3,(H,18,19)(H,20,21). The van der Waals surface area contributed by atoms with Gasteiger partial charge in [-0.15, -0.1) is 0 Å². The summed E-state index contributed by atoms with van der Waals surface area (Å²) in [5.74, 6) is -0.225. The Morgan fingerprint density at radius 1 is 1.38 bits per heavy atom. The van der Waals surface area contributed by atoms with E-state index in [9.17, 15) is 4.79 Å². The molecule has 4 nitrogen and oxygen atoms in total. The van der Waals surface area contributed by atoms with E-state index in [0.717, 1.165) is 22.4 Å². The molecular formula is C15H15BrClN3O. The van der Waals surface area contributed by atoms with Crippen molar-refractivity contribution in [3.63, 3.8) is 0 Å². The number of nitrogens with one attached hydrogen (secondary N) is 2. The van der Waals surface area contributed by atoms with Crippen LogP contribution < -0.4 is 10.6 Å². The van der Waals surface area contributed by atoms with Gasteiger partial charge in [0.2, 0.25) is 0 Å². The summed E-state index contributed by atoms with van der Waals surface area (Å²) in [4.78, 5) is 16.6. The first-order valence-corrected chi connectivity index (χ1v) is 7.65. The van der Waals surface area contributed by atoms with Crippen molar-refractivity contribution in [2.24, 2.45) is 0 Å². The average Bonchev–Trinajstić information content (AvgIpc) is 2.43. The molecule has 0 atom stereocenters. The van der Waals surface area contributed by atoms with E-state index in [1.165, 1.54) is 0 Å². The summed E-state index contributed by atoms with van der Waals surface area (Å²) in [6.07, 6.45) is 1.57. The van der Waals surface area contributed by atoms with Gasteiger partial charge in [0, 0.05) is 28.6 Å². The summed E-state index contributed by atoms with van der Waals surface area (Å²) in [7, 11) is 0. The number of aromatic nitrogens is 1. The Bertz CT molecular complexity index is 676. The number of hydrogen-bond donors (Lipinski definition) is 2. The lowest BCUT2D eigenvalue weighted by molar-refractivity contribution is 0.102. The van der Waals surface area contributed by atoms with Crippen molar-refractivity contribution in [2.75, 3.05) is 17.2 Å². The maximum atomic E-state index is 12.4. The topological polar surface area (TPSA) is 54.0 Å². The van der Waals surface area contributed by atoms with Gasteiger partial charge in [0.05, 0.1) is 16.3 Å². The quantitative estimate of drug-likeness (QED) is 0.836. The Morgan fingerprint density at radius 3 is 2.81 bits per heavy atom. The minimum atomic E-state index is -0.225. The third kappa shape index (κ3) is 3.95. The Hall–Kier alpha value is -1.59. The van der Waals surface area contributed by atoms with E-state index >= 15 is 0 Å². The second-order valence-corrected chi connectivity index (χ2v) is 5.75. The van der Waals surface area contributed by atoms with Gasteiger partial charge in [-0.25, -0.2) is 0 Å². The van der Waals surface area contributed by atoms with E-state index in [1.807, 2.05) is 19.9 Å². The molecule has 0 saturated heterocycles. The number of anilines is 2. The molecule has 0 spiro atoms. The minimum absolute atomic E-state index is 0.225. The molecule has 1 aromatic heterocycles. The highest BCUT2D eigenvalue weighted by Gasteiger charge is 2.13. The summed E-state index contributed by atoms with van der Waals surface area (Å²) in [5, 5.41) is 6.53. The maximum Gasteiger partial charge on any atom is 0.259 e. The molecule has 6 heteroatoms. The minimum Gasteiger partial charge on any atom is -0.385 e. The first-order valence-electron chi connectivity index (χ1n) is 6.48. The van der Waals surface area contributed by atoms with Crippen LogP contribution in [0.15, 0.2) is 34.9 Å². The second-order valence-electron chi connectivity index (χ2n) is 4.48. The molecule has 0 aliphatic rings. The highest BCUT2D eigenvalue weighted by atomic mass is 79.9. The van der Waals surface area contributed by atoms with Gasteiger partial charge in [0.25, 0.3) is 5.91 Å². The number of nitrogens with zero attached hydrogens (tertiary/aromatic N) is 1. The highest BCUT2D eigenvalue weighted by molar-refractivity contribution is 9.10. The van der Waals surface area contributed by atoms with E-state index in [1.54, 1.807) is 24.4 Å². The van der Waals surface area contributed by atoms with Crippen LogP contribution in [-0.2, 0) is 0 Å². The van der Waals surface area contributed by atoms with Gasteiger partial charge in [-0.05, 0) is 54.0 Å². The molecular weight excluding hydrogens is 354 g/mol. The number of hydrogen-bond acceptors (Lipinski definition) is 3. The van der Waals surface area contributed by atoms with Crippen molar-refractivity contribution in [1.82, 2.24) is 4.98 Å². The predicted molar refractivity (Wildman–Crippen MR) is 90.2 cm³/mol. The van der Waals surface area contributed by atoms with Crippen LogP contribution in [0, 0.1) is 6.92 Å². The first-order chi connectivity index (χ1) is 10.0. The van der Waals surface area contributed by atoms with Crippen LogP contribution in [0.3, 0.4) is 0 Å². The number of carbonyl (C=O) groups excluding carboxylic acids is 1. The van der Waals surface area contributed by atoms with Crippen LogP contribution in [-0.4, -0.2) is 17.4 Å². The molecule has 0 radical (unpaired) electrons. The van der Waals surface area contributed by atoms with Gasteiger partial charge in [-0.3, -0.25) is 9.78 Å². The third-order valence-electron chi connectivity index (χ3n) is 2.83. The molecule has 1 heterocycles. The molecule has 1 aromatic carbocycles. The van der Waals surface area contributed by atoms with E-state index in [4.69, 9.17) is 11.6 Å². The molecule has 2 N–H and O–H groups in total. The lowest BCUT2D eigenvalue weighted by Gasteiger charge is -2.12. The van der Waals surface area contributed by atoms with Crippen LogP contribution in [0.1, 0.15) is 23.0 Å². The Kier molecular flexibility index (Phi) is 5.20. The molecule has 110 valence electrons.